The van der Waals surface area contributed by atoms with Crippen LogP contribution >= 0.6 is 0 Å². The van der Waals surface area contributed by atoms with E-state index in [-0.39, 0.29) is 30.5 Å². The van der Waals surface area contributed by atoms with Crippen molar-refractivity contribution in [3.63, 3.8) is 0 Å². The van der Waals surface area contributed by atoms with Crippen molar-refractivity contribution < 1.29 is 9.90 Å². The summed E-state index contributed by atoms with van der Waals surface area (Å²) >= 11 is 0. The Morgan fingerprint density at radius 1 is 1.47 bits per heavy atom. The molecule has 3 unspecified atom stereocenters. The van der Waals surface area contributed by atoms with Crippen LogP contribution in [-0.4, -0.2) is 41.1 Å². The van der Waals surface area contributed by atoms with Gasteiger partial charge in [0, 0.05) is 25.2 Å². The number of carbonyl (C=O) groups excluding carboxylic acids is 1. The van der Waals surface area contributed by atoms with Gasteiger partial charge < -0.3 is 15.7 Å². The minimum Gasteiger partial charge on any atom is -0.396 e. The first-order valence-electron chi connectivity index (χ1n) is 5.91. The van der Waals surface area contributed by atoms with Gasteiger partial charge in [-0.2, -0.15) is 0 Å². The van der Waals surface area contributed by atoms with Crippen LogP contribution in [0.5, 0.6) is 0 Å². The van der Waals surface area contributed by atoms with Crippen LogP contribution in [0.4, 0.5) is 0 Å². The molecule has 4 nitrogen and oxygen atoms in total. The van der Waals surface area contributed by atoms with Crippen molar-refractivity contribution in [3.05, 3.63) is 0 Å². The van der Waals surface area contributed by atoms with E-state index in [2.05, 4.69) is 0 Å². The molecule has 2 rings (SSSR count). The van der Waals surface area contributed by atoms with E-state index in [9.17, 15) is 4.79 Å². The lowest BCUT2D eigenvalue weighted by molar-refractivity contribution is -0.136. The van der Waals surface area contributed by atoms with Gasteiger partial charge in [0.25, 0.3) is 0 Å². The number of nitrogens with two attached hydrogens (primary N) is 1. The molecule has 3 N–H and O–H groups in total. The van der Waals surface area contributed by atoms with Crippen molar-refractivity contribution in [2.75, 3.05) is 13.2 Å². The van der Waals surface area contributed by atoms with Gasteiger partial charge in [-0.15, -0.1) is 0 Å². The number of rotatable bonds is 3. The standard InChI is InChI=1S/C11H20N2O2/c12-10-7-9(10)11(15)13-5-2-1-3-8(13)4-6-14/h8-10,14H,1-7,12H2. The molecule has 86 valence electrons. The van der Waals surface area contributed by atoms with Gasteiger partial charge >= 0.3 is 0 Å². The molecular weight excluding hydrogens is 192 g/mol. The van der Waals surface area contributed by atoms with E-state index in [1.165, 1.54) is 6.42 Å². The molecule has 1 aliphatic carbocycles. The van der Waals surface area contributed by atoms with Crippen molar-refractivity contribution in [2.45, 2.75) is 44.2 Å². The summed E-state index contributed by atoms with van der Waals surface area (Å²) in [5.74, 6) is 0.296. The highest BCUT2D eigenvalue weighted by Gasteiger charge is 2.43. The first-order chi connectivity index (χ1) is 7.24. The van der Waals surface area contributed by atoms with Crippen molar-refractivity contribution in [1.82, 2.24) is 4.90 Å². The molecule has 0 aromatic heterocycles. The van der Waals surface area contributed by atoms with Gasteiger partial charge in [-0.1, -0.05) is 0 Å². The molecular formula is C11H20N2O2. The molecule has 0 bridgehead atoms. The largest absolute Gasteiger partial charge is 0.396 e. The minimum atomic E-state index is 0.0734. The molecule has 0 aromatic carbocycles. The van der Waals surface area contributed by atoms with Crippen molar-refractivity contribution in [2.24, 2.45) is 11.7 Å². The van der Waals surface area contributed by atoms with Gasteiger partial charge in [-0.05, 0) is 32.1 Å². The SMILES string of the molecule is NC1CC1C(=O)N1CCCCC1CCO. The van der Waals surface area contributed by atoms with Crippen LogP contribution in [-0.2, 0) is 4.79 Å². The maximum Gasteiger partial charge on any atom is 0.227 e. The number of hydrogen-bond donors (Lipinski definition) is 2. The molecule has 0 radical (unpaired) electrons. The van der Waals surface area contributed by atoms with Crippen molar-refractivity contribution >= 4 is 5.91 Å². The molecule has 0 aromatic rings. The third kappa shape index (κ3) is 2.32. The molecule has 4 heteroatoms. The monoisotopic (exact) mass is 212 g/mol. The fourth-order valence-electron chi connectivity index (χ4n) is 2.45. The first kappa shape index (κ1) is 10.9. The number of amides is 1. The fraction of sp³-hybridized carbons (Fsp3) is 0.909. The number of nitrogens with zero attached hydrogens (tertiary/aromatic N) is 1. The quantitative estimate of drug-likeness (QED) is 0.697. The normalized spacial score (nSPS) is 35.3. The number of carbonyl (C=O) groups is 1. The lowest BCUT2D eigenvalue weighted by Gasteiger charge is -2.35. The smallest absolute Gasteiger partial charge is 0.227 e. The zero-order valence-electron chi connectivity index (χ0n) is 9.06. The summed E-state index contributed by atoms with van der Waals surface area (Å²) in [6.45, 7) is 1.03. The Hall–Kier alpha value is -0.610. The Bertz CT molecular complexity index is 243. The molecule has 3 atom stereocenters. The zero-order valence-corrected chi connectivity index (χ0v) is 9.06. The van der Waals surface area contributed by atoms with Gasteiger partial charge in [0.2, 0.25) is 5.91 Å². The number of aliphatic hydroxyl groups is 1. The van der Waals surface area contributed by atoms with E-state index in [4.69, 9.17) is 10.8 Å². The van der Waals surface area contributed by atoms with Gasteiger partial charge in [0.05, 0.1) is 5.92 Å². The van der Waals surface area contributed by atoms with Gasteiger partial charge in [0.1, 0.15) is 0 Å². The van der Waals surface area contributed by atoms with Crippen LogP contribution < -0.4 is 5.73 Å². The van der Waals surface area contributed by atoms with Crippen molar-refractivity contribution in [1.29, 1.82) is 0 Å². The molecule has 1 saturated heterocycles. The number of aliphatic hydroxyl groups excluding tert-OH is 1. The summed E-state index contributed by atoms with van der Waals surface area (Å²) < 4.78 is 0. The molecule has 1 amide bonds. The predicted molar refractivity (Wildman–Crippen MR) is 57.1 cm³/mol. The van der Waals surface area contributed by atoms with Crippen LogP contribution in [0, 0.1) is 5.92 Å². The summed E-state index contributed by atoms with van der Waals surface area (Å²) in [7, 11) is 0. The molecule has 0 spiro atoms. The molecule has 1 saturated carbocycles. The molecule has 1 aliphatic heterocycles. The topological polar surface area (TPSA) is 66.6 Å². The highest BCUT2D eigenvalue weighted by atomic mass is 16.3. The second-order valence-corrected chi connectivity index (χ2v) is 4.70. The maximum absolute atomic E-state index is 12.0. The van der Waals surface area contributed by atoms with E-state index >= 15 is 0 Å². The fourth-order valence-corrected chi connectivity index (χ4v) is 2.45. The summed E-state index contributed by atoms with van der Waals surface area (Å²) in [5.41, 5.74) is 5.70. The van der Waals surface area contributed by atoms with Crippen LogP contribution in [0.3, 0.4) is 0 Å². The van der Waals surface area contributed by atoms with Gasteiger partial charge in [-0.25, -0.2) is 0 Å². The zero-order chi connectivity index (χ0) is 10.8. The van der Waals surface area contributed by atoms with E-state index in [0.717, 1.165) is 25.8 Å². The lowest BCUT2D eigenvalue weighted by atomic mass is 9.99. The highest BCUT2D eigenvalue weighted by Crippen LogP contribution is 2.32. The summed E-state index contributed by atoms with van der Waals surface area (Å²) in [6, 6.07) is 0.346. The number of piperidine rings is 1. The predicted octanol–water partition coefficient (Wildman–Crippen LogP) is 0.0971. The Labute approximate surface area is 90.4 Å². The van der Waals surface area contributed by atoms with Gasteiger partial charge in [-0.3, -0.25) is 4.79 Å². The molecule has 2 fully saturated rings. The highest BCUT2D eigenvalue weighted by molar-refractivity contribution is 5.82. The number of likely N-dealkylation sites (tertiary alicyclic amines) is 1. The van der Waals surface area contributed by atoms with Crippen LogP contribution in [0.2, 0.25) is 0 Å². The molecule has 15 heavy (non-hydrogen) atoms. The maximum atomic E-state index is 12.0. The minimum absolute atomic E-state index is 0.0734. The summed E-state index contributed by atoms with van der Waals surface area (Å²) in [4.78, 5) is 14.0. The molecule has 1 heterocycles. The van der Waals surface area contributed by atoms with E-state index < -0.39 is 0 Å². The van der Waals surface area contributed by atoms with Gasteiger partial charge in [0.15, 0.2) is 0 Å². The second-order valence-electron chi connectivity index (χ2n) is 4.70. The molecule has 2 aliphatic rings. The summed E-state index contributed by atoms with van der Waals surface area (Å²) in [5, 5.41) is 8.96. The van der Waals surface area contributed by atoms with Crippen molar-refractivity contribution in [3.8, 4) is 0 Å². The Kier molecular flexibility index (Phi) is 3.26. The Morgan fingerprint density at radius 3 is 2.80 bits per heavy atom. The average molecular weight is 212 g/mol. The Morgan fingerprint density at radius 2 is 2.20 bits per heavy atom. The van der Waals surface area contributed by atoms with E-state index in [1.807, 2.05) is 4.90 Å². The van der Waals surface area contributed by atoms with E-state index in [1.54, 1.807) is 0 Å². The van der Waals surface area contributed by atoms with E-state index in [0.29, 0.717) is 6.42 Å². The first-order valence-corrected chi connectivity index (χ1v) is 5.91. The van der Waals surface area contributed by atoms with Crippen LogP contribution in [0.25, 0.3) is 0 Å². The van der Waals surface area contributed by atoms with Crippen LogP contribution in [0.15, 0.2) is 0 Å². The second kappa shape index (κ2) is 4.49. The lowest BCUT2D eigenvalue weighted by Crippen LogP contribution is -2.45. The summed E-state index contributed by atoms with van der Waals surface area (Å²) in [6.07, 6.45) is 4.87. The number of hydrogen-bond acceptors (Lipinski definition) is 3. The van der Waals surface area contributed by atoms with Crippen LogP contribution in [0.1, 0.15) is 32.1 Å². The third-order valence-electron chi connectivity index (χ3n) is 3.53. The Balaban J connectivity index is 1.94. The third-order valence-corrected chi connectivity index (χ3v) is 3.53. The average Bonchev–Trinajstić information content (AvgIpc) is 2.96.